The molecule has 0 fully saturated rings. The molecule has 0 amide bonds. The first-order chi connectivity index (χ1) is 8.06. The lowest BCUT2D eigenvalue weighted by Gasteiger charge is -2.08. The number of hydrogen-bond donors (Lipinski definition) is 2. The Balaban J connectivity index is 2.28. The molecular weight excluding hydrogens is 289 g/mol. The van der Waals surface area contributed by atoms with Crippen molar-refractivity contribution in [3.63, 3.8) is 0 Å². The molecule has 1 aromatic carbocycles. The van der Waals surface area contributed by atoms with E-state index < -0.39 is 0 Å². The highest BCUT2D eigenvalue weighted by Crippen LogP contribution is 2.30. The number of anilines is 2. The molecule has 88 valence electrons. The summed E-state index contributed by atoms with van der Waals surface area (Å²) in [6.07, 6.45) is 0. The van der Waals surface area contributed by atoms with E-state index in [1.54, 1.807) is 12.1 Å². The normalized spacial score (nSPS) is 10.2. The second-order valence-electron chi connectivity index (χ2n) is 3.30. The van der Waals surface area contributed by atoms with E-state index in [4.69, 9.17) is 16.2 Å². The maximum atomic E-state index is 12.9. The average molecular weight is 298 g/mol. The van der Waals surface area contributed by atoms with Crippen molar-refractivity contribution >= 4 is 27.4 Å². The summed E-state index contributed by atoms with van der Waals surface area (Å²) in [5.41, 5.74) is 11.5. The summed E-state index contributed by atoms with van der Waals surface area (Å²) in [4.78, 5) is 3.95. The van der Waals surface area contributed by atoms with Gasteiger partial charge in [0.2, 0.25) is 5.88 Å². The topological polar surface area (TPSA) is 74.2 Å². The first kappa shape index (κ1) is 11.7. The molecule has 2 aromatic rings. The van der Waals surface area contributed by atoms with Crippen molar-refractivity contribution < 1.29 is 9.13 Å². The van der Waals surface area contributed by atoms with Crippen LogP contribution in [-0.2, 0) is 0 Å². The van der Waals surface area contributed by atoms with E-state index in [-0.39, 0.29) is 11.6 Å². The van der Waals surface area contributed by atoms with E-state index in [9.17, 15) is 4.39 Å². The van der Waals surface area contributed by atoms with Crippen molar-refractivity contribution in [3.8, 4) is 11.6 Å². The molecule has 0 saturated heterocycles. The van der Waals surface area contributed by atoms with Gasteiger partial charge in [-0.25, -0.2) is 4.39 Å². The molecule has 0 aliphatic carbocycles. The molecule has 0 aliphatic heterocycles. The van der Waals surface area contributed by atoms with Gasteiger partial charge >= 0.3 is 0 Å². The summed E-state index contributed by atoms with van der Waals surface area (Å²) >= 11 is 3.19. The van der Waals surface area contributed by atoms with Crippen LogP contribution < -0.4 is 16.2 Å². The molecule has 0 atom stereocenters. The Hall–Kier alpha value is -1.82. The lowest BCUT2D eigenvalue weighted by molar-refractivity contribution is 0.459. The minimum absolute atomic E-state index is 0.195. The largest absolute Gasteiger partial charge is 0.438 e. The van der Waals surface area contributed by atoms with Crippen LogP contribution in [-0.4, -0.2) is 4.98 Å². The van der Waals surface area contributed by atoms with Crippen LogP contribution in [0.3, 0.4) is 0 Å². The molecule has 0 spiro atoms. The zero-order chi connectivity index (χ0) is 12.4. The third-order valence-electron chi connectivity index (χ3n) is 2.04. The predicted molar refractivity (Wildman–Crippen MR) is 67.2 cm³/mol. The van der Waals surface area contributed by atoms with Gasteiger partial charge < -0.3 is 16.2 Å². The Labute approximate surface area is 106 Å². The Morgan fingerprint density at radius 2 is 1.94 bits per heavy atom. The van der Waals surface area contributed by atoms with E-state index >= 15 is 0 Å². The van der Waals surface area contributed by atoms with Gasteiger partial charge in [-0.2, -0.15) is 4.98 Å². The van der Waals surface area contributed by atoms with Crippen LogP contribution in [0.25, 0.3) is 0 Å². The van der Waals surface area contributed by atoms with E-state index in [2.05, 4.69) is 20.9 Å². The number of benzene rings is 1. The average Bonchev–Trinajstić information content (AvgIpc) is 2.27. The second-order valence-corrected chi connectivity index (χ2v) is 4.16. The number of nitrogen functional groups attached to an aromatic ring is 2. The Bertz CT molecular complexity index is 562. The van der Waals surface area contributed by atoms with Gasteiger partial charge in [-0.1, -0.05) is 0 Å². The molecule has 4 N–H and O–H groups in total. The van der Waals surface area contributed by atoms with Gasteiger partial charge in [0.1, 0.15) is 11.6 Å². The molecule has 0 saturated carbocycles. The van der Waals surface area contributed by atoms with Crippen LogP contribution in [0, 0.1) is 5.82 Å². The Kier molecular flexibility index (Phi) is 3.14. The fourth-order valence-corrected chi connectivity index (χ4v) is 1.63. The van der Waals surface area contributed by atoms with Crippen molar-refractivity contribution in [2.24, 2.45) is 0 Å². The smallest absolute Gasteiger partial charge is 0.221 e. The first-order valence-corrected chi connectivity index (χ1v) is 5.50. The summed E-state index contributed by atoms with van der Waals surface area (Å²) in [6, 6.07) is 7.26. The number of ether oxygens (including phenoxy) is 1. The lowest BCUT2D eigenvalue weighted by atomic mass is 10.3. The Morgan fingerprint density at radius 1 is 1.18 bits per heavy atom. The van der Waals surface area contributed by atoms with Crippen LogP contribution in [0.5, 0.6) is 11.6 Å². The summed E-state index contributed by atoms with van der Waals surface area (Å²) in [5, 5.41) is 0. The van der Waals surface area contributed by atoms with Gasteiger partial charge in [0.25, 0.3) is 0 Å². The maximum absolute atomic E-state index is 12.9. The van der Waals surface area contributed by atoms with Crippen LogP contribution in [0.4, 0.5) is 15.9 Å². The molecular formula is C11H9BrFN3O. The maximum Gasteiger partial charge on any atom is 0.221 e. The van der Waals surface area contributed by atoms with Gasteiger partial charge in [-0.15, -0.1) is 0 Å². The predicted octanol–water partition coefficient (Wildman–Crippen LogP) is 2.94. The standard InChI is InChI=1S/C11H9BrFN3O/c12-7-5-6(13)1-3-9(7)17-10-4-2-8(14)11(15)16-10/h1-5H,14H2,(H2,15,16). The lowest BCUT2D eigenvalue weighted by Crippen LogP contribution is -1.99. The number of aromatic nitrogens is 1. The number of halogens is 2. The minimum Gasteiger partial charge on any atom is -0.438 e. The van der Waals surface area contributed by atoms with E-state index in [1.807, 2.05) is 0 Å². The second kappa shape index (κ2) is 4.58. The van der Waals surface area contributed by atoms with Gasteiger partial charge in [-0.3, -0.25) is 0 Å². The zero-order valence-corrected chi connectivity index (χ0v) is 10.2. The number of pyridine rings is 1. The zero-order valence-electron chi connectivity index (χ0n) is 8.65. The van der Waals surface area contributed by atoms with Gasteiger partial charge in [0.15, 0.2) is 5.82 Å². The third-order valence-corrected chi connectivity index (χ3v) is 2.66. The van der Waals surface area contributed by atoms with Crippen LogP contribution in [0.15, 0.2) is 34.8 Å². The van der Waals surface area contributed by atoms with Gasteiger partial charge in [0, 0.05) is 6.07 Å². The van der Waals surface area contributed by atoms with Crippen molar-refractivity contribution in [1.29, 1.82) is 0 Å². The third kappa shape index (κ3) is 2.65. The molecule has 2 rings (SSSR count). The van der Waals surface area contributed by atoms with E-state index in [0.29, 0.717) is 21.8 Å². The molecule has 4 nitrogen and oxygen atoms in total. The highest BCUT2D eigenvalue weighted by Gasteiger charge is 2.06. The molecule has 17 heavy (non-hydrogen) atoms. The molecule has 1 aromatic heterocycles. The quantitative estimate of drug-likeness (QED) is 0.894. The SMILES string of the molecule is Nc1ccc(Oc2ccc(F)cc2Br)nc1N. The number of rotatable bonds is 2. The van der Waals surface area contributed by atoms with Crippen molar-refractivity contribution in [2.75, 3.05) is 11.5 Å². The number of nitrogens with zero attached hydrogens (tertiary/aromatic N) is 1. The van der Waals surface area contributed by atoms with Gasteiger partial charge in [0.05, 0.1) is 10.2 Å². The van der Waals surface area contributed by atoms with Crippen LogP contribution in [0.1, 0.15) is 0 Å². The number of nitrogens with two attached hydrogens (primary N) is 2. The summed E-state index contributed by atoms with van der Waals surface area (Å²) in [7, 11) is 0. The molecule has 0 radical (unpaired) electrons. The van der Waals surface area contributed by atoms with Crippen molar-refractivity contribution in [3.05, 3.63) is 40.6 Å². The van der Waals surface area contributed by atoms with Crippen molar-refractivity contribution in [2.45, 2.75) is 0 Å². The fraction of sp³-hybridized carbons (Fsp3) is 0. The molecule has 0 bridgehead atoms. The van der Waals surface area contributed by atoms with Gasteiger partial charge in [-0.05, 0) is 40.2 Å². The monoisotopic (exact) mass is 297 g/mol. The van der Waals surface area contributed by atoms with Crippen molar-refractivity contribution in [1.82, 2.24) is 4.98 Å². The van der Waals surface area contributed by atoms with E-state index in [1.165, 1.54) is 18.2 Å². The molecule has 6 heteroatoms. The highest BCUT2D eigenvalue weighted by atomic mass is 79.9. The first-order valence-electron chi connectivity index (χ1n) is 4.71. The molecule has 0 aliphatic rings. The van der Waals surface area contributed by atoms with E-state index in [0.717, 1.165) is 0 Å². The summed E-state index contributed by atoms with van der Waals surface area (Å²) in [5.74, 6) is 0.585. The van der Waals surface area contributed by atoms with Crippen LogP contribution >= 0.6 is 15.9 Å². The minimum atomic E-state index is -0.353. The Morgan fingerprint density at radius 3 is 2.59 bits per heavy atom. The highest BCUT2D eigenvalue weighted by molar-refractivity contribution is 9.10. The summed E-state index contributed by atoms with van der Waals surface area (Å²) < 4.78 is 18.8. The fourth-order valence-electron chi connectivity index (χ4n) is 1.19. The van der Waals surface area contributed by atoms with Crippen LogP contribution in [0.2, 0.25) is 0 Å². The summed E-state index contributed by atoms with van der Waals surface area (Å²) in [6.45, 7) is 0. The molecule has 0 unspecified atom stereocenters. The molecule has 1 heterocycles. The number of hydrogen-bond acceptors (Lipinski definition) is 4.